The van der Waals surface area contributed by atoms with Crippen molar-refractivity contribution in [3.8, 4) is 5.75 Å². The number of aliphatic hydroxyl groups is 1. The van der Waals surface area contributed by atoms with Gasteiger partial charge in [0.25, 0.3) is 0 Å². The van der Waals surface area contributed by atoms with Crippen molar-refractivity contribution in [2.45, 2.75) is 44.2 Å². The Balaban J connectivity index is 1.87. The molecule has 0 atom stereocenters. The highest BCUT2D eigenvalue weighted by Gasteiger charge is 2.30. The number of methoxy groups -OCH3 is 1. The van der Waals surface area contributed by atoms with Crippen molar-refractivity contribution >= 4 is 0 Å². The van der Waals surface area contributed by atoms with Crippen LogP contribution in [0.2, 0.25) is 0 Å². The first-order chi connectivity index (χ1) is 10.2. The van der Waals surface area contributed by atoms with Gasteiger partial charge in [-0.2, -0.15) is 0 Å². The molecule has 1 aliphatic rings. The highest BCUT2D eigenvalue weighted by Crippen LogP contribution is 2.29. The van der Waals surface area contributed by atoms with Crippen LogP contribution in [0.4, 0.5) is 0 Å². The highest BCUT2D eigenvalue weighted by molar-refractivity contribution is 5.33. The van der Waals surface area contributed by atoms with Gasteiger partial charge in [-0.1, -0.05) is 37.5 Å². The maximum atomic E-state index is 10.5. The molecule has 0 aliphatic heterocycles. The lowest BCUT2D eigenvalue weighted by molar-refractivity contribution is -0.0341. The molecule has 1 fully saturated rings. The summed E-state index contributed by atoms with van der Waals surface area (Å²) in [5.41, 5.74) is 0.475. The molecule has 0 radical (unpaired) electrons. The number of nitrogens with one attached hydrogen (secondary N) is 1. The molecule has 0 aromatic heterocycles. The molecule has 2 N–H and O–H groups in total. The minimum absolute atomic E-state index is 0.391. The second-order valence-electron chi connectivity index (χ2n) is 5.85. The molecule has 0 unspecified atom stereocenters. The van der Waals surface area contributed by atoms with Crippen molar-refractivity contribution in [3.63, 3.8) is 0 Å². The normalized spacial score (nSPS) is 17.6. The second kappa shape index (κ2) is 8.37. The summed E-state index contributed by atoms with van der Waals surface area (Å²) >= 11 is 0. The van der Waals surface area contributed by atoms with Crippen molar-refractivity contribution in [2.75, 3.05) is 26.9 Å². The fourth-order valence-electron chi connectivity index (χ4n) is 2.75. The van der Waals surface area contributed by atoms with Crippen LogP contribution in [0.15, 0.2) is 24.3 Å². The van der Waals surface area contributed by atoms with Gasteiger partial charge in [0.2, 0.25) is 0 Å². The molecule has 1 saturated carbocycles. The van der Waals surface area contributed by atoms with Gasteiger partial charge in [0, 0.05) is 25.8 Å². The first kappa shape index (κ1) is 16.3. The summed E-state index contributed by atoms with van der Waals surface area (Å²) in [4.78, 5) is 0. The predicted molar refractivity (Wildman–Crippen MR) is 83.6 cm³/mol. The third-order valence-electron chi connectivity index (χ3n) is 4.05. The van der Waals surface area contributed by atoms with Crippen molar-refractivity contribution in [1.29, 1.82) is 0 Å². The fourth-order valence-corrected chi connectivity index (χ4v) is 2.75. The zero-order valence-corrected chi connectivity index (χ0v) is 12.9. The maximum absolute atomic E-state index is 10.5. The van der Waals surface area contributed by atoms with E-state index in [0.717, 1.165) is 50.1 Å². The van der Waals surface area contributed by atoms with Crippen LogP contribution >= 0.6 is 0 Å². The van der Waals surface area contributed by atoms with E-state index in [-0.39, 0.29) is 0 Å². The van der Waals surface area contributed by atoms with Gasteiger partial charge in [-0.15, -0.1) is 0 Å². The van der Waals surface area contributed by atoms with Crippen LogP contribution in [0.5, 0.6) is 5.75 Å². The van der Waals surface area contributed by atoms with E-state index in [1.807, 2.05) is 18.2 Å². The summed E-state index contributed by atoms with van der Waals surface area (Å²) in [5, 5.41) is 13.8. The van der Waals surface area contributed by atoms with E-state index in [1.165, 1.54) is 6.42 Å². The molecule has 21 heavy (non-hydrogen) atoms. The van der Waals surface area contributed by atoms with E-state index in [2.05, 4.69) is 11.4 Å². The second-order valence-corrected chi connectivity index (χ2v) is 5.85. The SMILES string of the molecule is COCCNCc1ccccc1OCC1(O)CCCCC1. The molecule has 0 bridgehead atoms. The minimum atomic E-state index is -0.644. The largest absolute Gasteiger partial charge is 0.490 e. The summed E-state index contributed by atoms with van der Waals surface area (Å²) in [5.74, 6) is 0.862. The van der Waals surface area contributed by atoms with Gasteiger partial charge in [-0.3, -0.25) is 0 Å². The van der Waals surface area contributed by atoms with Crippen LogP contribution < -0.4 is 10.1 Å². The van der Waals surface area contributed by atoms with Gasteiger partial charge in [-0.05, 0) is 18.9 Å². The number of rotatable bonds is 8. The van der Waals surface area contributed by atoms with E-state index < -0.39 is 5.60 Å². The van der Waals surface area contributed by atoms with Crippen molar-refractivity contribution in [2.24, 2.45) is 0 Å². The number of ether oxygens (including phenoxy) is 2. The molecule has 0 amide bonds. The molecule has 118 valence electrons. The topological polar surface area (TPSA) is 50.7 Å². The average Bonchev–Trinajstić information content (AvgIpc) is 2.51. The molecule has 4 nitrogen and oxygen atoms in total. The molecular weight excluding hydrogens is 266 g/mol. The summed E-state index contributed by atoms with van der Waals surface area (Å²) < 4.78 is 10.9. The Hall–Kier alpha value is -1.10. The van der Waals surface area contributed by atoms with Gasteiger partial charge in [0.1, 0.15) is 12.4 Å². The number of hydrogen-bond donors (Lipinski definition) is 2. The van der Waals surface area contributed by atoms with Gasteiger partial charge >= 0.3 is 0 Å². The van der Waals surface area contributed by atoms with E-state index in [9.17, 15) is 5.11 Å². The average molecular weight is 293 g/mol. The van der Waals surface area contributed by atoms with E-state index in [0.29, 0.717) is 13.2 Å². The third-order valence-corrected chi connectivity index (χ3v) is 4.05. The predicted octanol–water partition coefficient (Wildman–Crippen LogP) is 2.50. The van der Waals surface area contributed by atoms with Crippen LogP contribution in [0, 0.1) is 0 Å². The maximum Gasteiger partial charge on any atom is 0.123 e. The Kier molecular flexibility index (Phi) is 6.49. The van der Waals surface area contributed by atoms with Crippen LogP contribution in [-0.2, 0) is 11.3 Å². The smallest absolute Gasteiger partial charge is 0.123 e. The summed E-state index contributed by atoms with van der Waals surface area (Å²) in [6.45, 7) is 2.65. The van der Waals surface area contributed by atoms with Crippen LogP contribution in [0.25, 0.3) is 0 Å². The fraction of sp³-hybridized carbons (Fsp3) is 0.647. The molecular formula is C17H27NO3. The lowest BCUT2D eigenvalue weighted by Crippen LogP contribution is -2.38. The quantitative estimate of drug-likeness (QED) is 0.723. The van der Waals surface area contributed by atoms with Crippen LogP contribution in [0.3, 0.4) is 0 Å². The zero-order chi connectivity index (χ0) is 15.0. The number of hydrogen-bond acceptors (Lipinski definition) is 4. The first-order valence-corrected chi connectivity index (χ1v) is 7.86. The molecule has 4 heteroatoms. The summed E-state index contributed by atoms with van der Waals surface area (Å²) in [7, 11) is 1.70. The third kappa shape index (κ3) is 5.30. The van der Waals surface area contributed by atoms with Crippen molar-refractivity contribution in [3.05, 3.63) is 29.8 Å². The van der Waals surface area contributed by atoms with Crippen molar-refractivity contribution < 1.29 is 14.6 Å². The van der Waals surface area contributed by atoms with Gasteiger partial charge in [0.15, 0.2) is 0 Å². The van der Waals surface area contributed by atoms with E-state index in [1.54, 1.807) is 7.11 Å². The van der Waals surface area contributed by atoms with Crippen LogP contribution in [-0.4, -0.2) is 37.6 Å². The molecule has 1 aromatic rings. The summed E-state index contributed by atoms with van der Waals surface area (Å²) in [6.07, 6.45) is 5.12. The van der Waals surface area contributed by atoms with E-state index >= 15 is 0 Å². The highest BCUT2D eigenvalue weighted by atomic mass is 16.5. The Morgan fingerprint density at radius 1 is 1.19 bits per heavy atom. The van der Waals surface area contributed by atoms with Gasteiger partial charge in [-0.25, -0.2) is 0 Å². The Morgan fingerprint density at radius 3 is 2.71 bits per heavy atom. The first-order valence-electron chi connectivity index (χ1n) is 7.86. The molecule has 0 spiro atoms. The Morgan fingerprint density at radius 2 is 1.95 bits per heavy atom. The van der Waals surface area contributed by atoms with Gasteiger partial charge < -0.3 is 19.9 Å². The standard InChI is InChI=1S/C17H27NO3/c1-20-12-11-18-13-15-7-3-4-8-16(15)21-14-17(19)9-5-2-6-10-17/h3-4,7-8,18-19H,2,5-6,9-14H2,1H3. The molecule has 1 aliphatic carbocycles. The van der Waals surface area contributed by atoms with E-state index in [4.69, 9.17) is 9.47 Å². The lowest BCUT2D eigenvalue weighted by atomic mass is 9.85. The van der Waals surface area contributed by atoms with Gasteiger partial charge in [0.05, 0.1) is 12.2 Å². The Bertz CT molecular complexity index is 416. The minimum Gasteiger partial charge on any atom is -0.490 e. The number of para-hydroxylation sites is 1. The van der Waals surface area contributed by atoms with Crippen molar-refractivity contribution in [1.82, 2.24) is 5.32 Å². The molecule has 0 saturated heterocycles. The zero-order valence-electron chi connectivity index (χ0n) is 12.9. The lowest BCUT2D eigenvalue weighted by Gasteiger charge is -2.32. The number of benzene rings is 1. The summed E-state index contributed by atoms with van der Waals surface area (Å²) in [6, 6.07) is 8.01. The molecule has 1 aromatic carbocycles. The molecule has 0 heterocycles. The van der Waals surface area contributed by atoms with Crippen LogP contribution in [0.1, 0.15) is 37.7 Å². The monoisotopic (exact) mass is 293 g/mol. The molecule has 2 rings (SSSR count). The Labute approximate surface area is 127 Å².